The molecule has 5 aliphatic rings. The summed E-state index contributed by atoms with van der Waals surface area (Å²) in [5.74, 6) is 15.4. The number of hydrogen-bond donors (Lipinski definition) is 5. The van der Waals surface area contributed by atoms with Gasteiger partial charge in [-0.1, -0.05) is 146 Å². The highest BCUT2D eigenvalue weighted by Crippen LogP contribution is 2.56. The largest absolute Gasteiger partial charge is 0.508 e. The lowest BCUT2D eigenvalue weighted by atomic mass is 9.75. The molecule has 732 valence electrons. The van der Waals surface area contributed by atoms with E-state index < -0.39 is 0 Å². The van der Waals surface area contributed by atoms with Crippen molar-refractivity contribution in [3.05, 3.63) is 409 Å². The van der Waals surface area contributed by atoms with Crippen LogP contribution in [0.3, 0.4) is 0 Å². The number of aromatic hydroxyl groups is 5. The molecule has 0 aliphatic carbocycles. The third-order valence-electron chi connectivity index (χ3n) is 28.1. The number of phenolic OH excluding ortho intramolecular Hbond substituents is 5. The van der Waals surface area contributed by atoms with Crippen molar-refractivity contribution in [1.29, 1.82) is 0 Å². The SMILES string of the molecule is COc1ccc(C2COc3c(ccc(O)c3C)C2c2ccc(OC)cc2)cc1.COc1ccc(C2COc3c(ccc(OC)c3C)C2c2ccc(OC)cc2)cc1.COc1ccc(C2c3ccc(O)c(C)c3OCC2c2ccc(O)cc2)cc1.COc1ccc(C2c3ccc(O)c(C)c3OCC2c2ccc(OC)c(OC)c2)cc1.COc1ccc(C2c3ccc(OC)c(C)c3OCC2c2ccc(O)cc2)cc1. The van der Waals surface area contributed by atoms with Crippen LogP contribution in [0.1, 0.15) is 170 Å². The molecule has 0 bridgehead atoms. The maximum atomic E-state index is 10.2. The zero-order valence-electron chi connectivity index (χ0n) is 82.9. The summed E-state index contributed by atoms with van der Waals surface area (Å²) >= 11 is 0. The molecule has 20 rings (SSSR count). The van der Waals surface area contributed by atoms with Gasteiger partial charge in [0, 0.05) is 115 Å². The second-order valence-corrected chi connectivity index (χ2v) is 35.7. The molecule has 0 aromatic heterocycles. The van der Waals surface area contributed by atoms with Crippen LogP contribution in [0.2, 0.25) is 0 Å². The van der Waals surface area contributed by atoms with E-state index in [0.717, 1.165) is 158 Å². The van der Waals surface area contributed by atoms with Crippen LogP contribution in [0, 0.1) is 34.6 Å². The molecule has 21 nitrogen and oxygen atoms in total. The van der Waals surface area contributed by atoms with Crippen molar-refractivity contribution in [3.8, 4) is 121 Å². The smallest absolute Gasteiger partial charge is 0.160 e. The first kappa shape index (κ1) is 99.1. The summed E-state index contributed by atoms with van der Waals surface area (Å²) in [4.78, 5) is 0. The minimum Gasteiger partial charge on any atom is -0.508 e. The van der Waals surface area contributed by atoms with E-state index in [-0.39, 0.29) is 87.9 Å². The van der Waals surface area contributed by atoms with Gasteiger partial charge in [-0.3, -0.25) is 0 Å². The first-order chi connectivity index (χ1) is 69.0. The molecular weight excluding hydrogens is 1790 g/mol. The Morgan fingerprint density at radius 2 is 0.366 bits per heavy atom. The van der Waals surface area contributed by atoms with Crippen molar-refractivity contribution in [2.45, 2.75) is 93.8 Å². The van der Waals surface area contributed by atoms with Gasteiger partial charge in [0.15, 0.2) is 11.5 Å². The summed E-state index contributed by atoms with van der Waals surface area (Å²) < 4.78 is 90.1. The molecule has 0 radical (unpaired) electrons. The van der Waals surface area contributed by atoms with Crippen LogP contribution >= 0.6 is 0 Å². The molecule has 5 heterocycles. The zero-order chi connectivity index (χ0) is 99.9. The van der Waals surface area contributed by atoms with Crippen LogP contribution in [0.5, 0.6) is 121 Å². The van der Waals surface area contributed by atoms with Gasteiger partial charge in [-0.25, -0.2) is 0 Å². The summed E-state index contributed by atoms with van der Waals surface area (Å²) in [7, 11) is 18.4. The normalized spacial score (nSPS) is 18.0. The van der Waals surface area contributed by atoms with E-state index in [0.29, 0.717) is 44.5 Å². The summed E-state index contributed by atoms with van der Waals surface area (Å²) in [6, 6.07) is 97.5. The van der Waals surface area contributed by atoms with Gasteiger partial charge in [-0.2, -0.15) is 0 Å². The van der Waals surface area contributed by atoms with Crippen LogP contribution in [-0.2, 0) is 0 Å². The van der Waals surface area contributed by atoms with Gasteiger partial charge in [-0.05, 0) is 242 Å². The molecule has 5 aliphatic heterocycles. The van der Waals surface area contributed by atoms with E-state index in [4.69, 9.17) is 75.8 Å². The van der Waals surface area contributed by atoms with Gasteiger partial charge in [0.2, 0.25) is 0 Å². The predicted molar refractivity (Wildman–Crippen MR) is 551 cm³/mol. The highest BCUT2D eigenvalue weighted by molar-refractivity contribution is 5.63. The number of fused-ring (bicyclic) bond motifs is 5. The van der Waals surface area contributed by atoms with Crippen LogP contribution in [0.15, 0.2) is 297 Å². The summed E-state index contributed by atoms with van der Waals surface area (Å²) in [6.45, 7) is 12.4. The van der Waals surface area contributed by atoms with E-state index in [1.807, 2.05) is 179 Å². The Morgan fingerprint density at radius 3 is 0.585 bits per heavy atom. The molecule has 0 fully saturated rings. The second kappa shape index (κ2) is 44.9. The fourth-order valence-electron chi connectivity index (χ4n) is 20.3. The Morgan fingerprint density at radius 1 is 0.183 bits per heavy atom. The van der Waals surface area contributed by atoms with Crippen molar-refractivity contribution in [3.63, 3.8) is 0 Å². The molecule has 142 heavy (non-hydrogen) atoms. The van der Waals surface area contributed by atoms with Crippen molar-refractivity contribution in [2.75, 3.05) is 111 Å². The molecule has 21 heteroatoms. The highest BCUT2D eigenvalue weighted by Gasteiger charge is 2.42. The first-order valence-corrected chi connectivity index (χ1v) is 47.3. The monoisotopic (exact) mass is 1910 g/mol. The molecule has 10 unspecified atom stereocenters. The summed E-state index contributed by atoms with van der Waals surface area (Å²) in [6.07, 6.45) is 0. The Kier molecular flexibility index (Phi) is 31.4. The van der Waals surface area contributed by atoms with E-state index >= 15 is 0 Å². The molecule has 15 aromatic rings. The fraction of sp³-hybridized carbons (Fsp3) is 0.256. The average molecular weight is 1910 g/mol. The molecule has 0 saturated carbocycles. The van der Waals surface area contributed by atoms with E-state index in [2.05, 4.69) is 110 Å². The van der Waals surface area contributed by atoms with Crippen molar-refractivity contribution in [2.24, 2.45) is 0 Å². The Bertz CT molecular complexity index is 6790. The maximum absolute atomic E-state index is 10.2. The van der Waals surface area contributed by atoms with Crippen molar-refractivity contribution in [1.82, 2.24) is 0 Å². The Balaban J connectivity index is 0.000000128. The summed E-state index contributed by atoms with van der Waals surface area (Å²) in [5.41, 5.74) is 21.6. The fourth-order valence-corrected chi connectivity index (χ4v) is 20.3. The third-order valence-corrected chi connectivity index (χ3v) is 28.1. The number of benzene rings is 15. The van der Waals surface area contributed by atoms with E-state index in [9.17, 15) is 25.5 Å². The van der Waals surface area contributed by atoms with Crippen molar-refractivity contribution < 1.29 is 101 Å². The molecular formula is C121H122O21. The average Bonchev–Trinajstić information content (AvgIpc) is 0.773. The van der Waals surface area contributed by atoms with Gasteiger partial charge in [0.1, 0.15) is 109 Å². The highest BCUT2D eigenvalue weighted by atomic mass is 16.5. The molecule has 0 saturated heterocycles. The van der Waals surface area contributed by atoms with Gasteiger partial charge in [0.05, 0.1) is 111 Å². The van der Waals surface area contributed by atoms with Crippen LogP contribution in [-0.4, -0.2) is 137 Å². The lowest BCUT2D eigenvalue weighted by molar-refractivity contribution is 0.245. The van der Waals surface area contributed by atoms with E-state index in [1.165, 1.54) is 33.4 Å². The number of rotatable bonds is 21. The molecule has 10 atom stereocenters. The minimum absolute atomic E-state index is 0.0528. The lowest BCUT2D eigenvalue weighted by Gasteiger charge is -2.35. The molecule has 5 N–H and O–H groups in total. The third kappa shape index (κ3) is 21.0. The quantitative estimate of drug-likeness (QED) is 0.0448. The van der Waals surface area contributed by atoms with E-state index in [1.54, 1.807) is 121 Å². The van der Waals surface area contributed by atoms with Crippen LogP contribution in [0.4, 0.5) is 0 Å². The molecule has 15 aromatic carbocycles. The van der Waals surface area contributed by atoms with Crippen LogP contribution < -0.4 is 75.8 Å². The number of hydrogen-bond acceptors (Lipinski definition) is 21. The van der Waals surface area contributed by atoms with Gasteiger partial charge in [-0.15, -0.1) is 0 Å². The Hall–Kier alpha value is -15.9. The van der Waals surface area contributed by atoms with Gasteiger partial charge >= 0.3 is 0 Å². The minimum atomic E-state index is 0.0528. The standard InChI is InChI=1S/C25H26O5.C25H26O4.2C24H24O4.C23H22O4/c1-15-21(26)11-10-19-24(16-5-8-18(27-2)9-6-16)20(14-30-25(15)19)17-7-12-22(28-3)23(13-17)29-4;1-16-23(28-4)14-13-21-24(18-7-11-20(27-3)12-8-18)22(15-29-25(16)21)17-5-9-19(26-2)10-6-17;1-15-22(25)13-12-20-23(17-6-10-19(27-3)11-7-17)21(14-28-24(15)20)16-4-8-18(26-2)9-5-16;1-15-22(27-3)13-12-20-23(17-6-10-19(26-2)11-7-17)21(14-28-24(15)20)16-4-8-18(25)9-5-16;1-14-21(25)12-11-19-22(16-5-9-18(26-2)10-6-16)20(13-27-23(14)19)15-3-7-17(24)8-4-15/h5-13,20,24,26H,14H2,1-4H3;5-14,22,24H,15H2,1-4H3;2*4-13,21,23,25H,14H2,1-3H3;3-12,20,22,24-25H,13H2,1-2H3. The Labute approximate surface area is 830 Å². The zero-order valence-corrected chi connectivity index (χ0v) is 82.9. The number of ether oxygens (including phenoxy) is 16. The van der Waals surface area contributed by atoms with Gasteiger partial charge < -0.3 is 101 Å². The van der Waals surface area contributed by atoms with Crippen molar-refractivity contribution >= 4 is 0 Å². The second-order valence-electron chi connectivity index (χ2n) is 35.7. The number of phenols is 5. The lowest BCUT2D eigenvalue weighted by Crippen LogP contribution is -2.26. The summed E-state index contributed by atoms with van der Waals surface area (Å²) in [5, 5.41) is 49.7. The predicted octanol–water partition coefficient (Wildman–Crippen LogP) is 25.1. The van der Waals surface area contributed by atoms with Crippen LogP contribution in [0.25, 0.3) is 0 Å². The topological polar surface area (TPSA) is 249 Å². The molecule has 0 spiro atoms. The number of methoxy groups -OCH3 is 11. The maximum Gasteiger partial charge on any atom is 0.160 e. The first-order valence-electron chi connectivity index (χ1n) is 47.3. The molecule has 0 amide bonds. The van der Waals surface area contributed by atoms with Gasteiger partial charge in [0.25, 0.3) is 0 Å².